The molecule has 3 nitrogen and oxygen atoms in total. The van der Waals surface area contributed by atoms with Crippen molar-refractivity contribution in [1.29, 1.82) is 0 Å². The van der Waals surface area contributed by atoms with Crippen LogP contribution in [0, 0.1) is 6.92 Å². The molecule has 0 amide bonds. The van der Waals surface area contributed by atoms with Gasteiger partial charge in [-0.2, -0.15) is 0 Å². The smallest absolute Gasteiger partial charge is 0.356 e. The van der Waals surface area contributed by atoms with Crippen molar-refractivity contribution in [1.82, 2.24) is 4.98 Å². The largest absolute Gasteiger partial charge is 0.464 e. The maximum Gasteiger partial charge on any atom is 0.356 e. The minimum atomic E-state index is -0.361. The first-order valence-electron chi connectivity index (χ1n) is 4.24. The average Bonchev–Trinajstić information content (AvgIpc) is 2.16. The normalized spacial score (nSPS) is 9.77. The summed E-state index contributed by atoms with van der Waals surface area (Å²) in [5.41, 5.74) is 2.19. The predicted molar refractivity (Wildman–Crippen MR) is 49.7 cm³/mol. The topological polar surface area (TPSA) is 39.2 Å². The number of hydrogen-bond donors (Lipinski definition) is 0. The summed E-state index contributed by atoms with van der Waals surface area (Å²) in [5.74, 6) is -0.361. The molecule has 0 aromatic carbocycles. The number of rotatable bonds is 2. The van der Waals surface area contributed by atoms with Crippen molar-refractivity contribution in [2.24, 2.45) is 0 Å². The first kappa shape index (κ1) is 9.71. The third kappa shape index (κ3) is 2.05. The minimum Gasteiger partial charge on any atom is -0.464 e. The Morgan fingerprint density at radius 1 is 1.54 bits per heavy atom. The number of esters is 1. The van der Waals surface area contributed by atoms with Crippen molar-refractivity contribution in [2.75, 3.05) is 7.11 Å². The van der Waals surface area contributed by atoms with Crippen LogP contribution in [0.3, 0.4) is 0 Å². The number of pyridine rings is 1. The van der Waals surface area contributed by atoms with Gasteiger partial charge < -0.3 is 4.74 Å². The highest BCUT2D eigenvalue weighted by atomic mass is 16.5. The summed E-state index contributed by atoms with van der Waals surface area (Å²) < 4.78 is 4.63. The summed E-state index contributed by atoms with van der Waals surface area (Å²) in [6.07, 6.45) is 0.789. The number of carbonyl (C=O) groups is 1. The second-order valence-electron chi connectivity index (χ2n) is 2.81. The maximum atomic E-state index is 11.3. The molecule has 0 aliphatic rings. The van der Waals surface area contributed by atoms with E-state index in [0.29, 0.717) is 5.69 Å². The molecule has 0 bridgehead atoms. The molecule has 0 radical (unpaired) electrons. The Kier molecular flexibility index (Phi) is 3.01. The van der Waals surface area contributed by atoms with Gasteiger partial charge in [-0.3, -0.25) is 0 Å². The van der Waals surface area contributed by atoms with E-state index in [9.17, 15) is 4.79 Å². The number of carbonyl (C=O) groups excluding carboxylic acids is 1. The summed E-state index contributed by atoms with van der Waals surface area (Å²) in [7, 11) is 1.37. The average molecular weight is 179 g/mol. The first-order valence-corrected chi connectivity index (χ1v) is 4.24. The fraction of sp³-hybridized carbons (Fsp3) is 0.400. The van der Waals surface area contributed by atoms with Gasteiger partial charge in [0, 0.05) is 5.69 Å². The maximum absolute atomic E-state index is 11.3. The van der Waals surface area contributed by atoms with Crippen LogP contribution in [0.2, 0.25) is 0 Å². The Bertz CT molecular complexity index is 321. The van der Waals surface area contributed by atoms with Gasteiger partial charge >= 0.3 is 5.97 Å². The molecule has 1 rings (SSSR count). The fourth-order valence-corrected chi connectivity index (χ4v) is 1.14. The molecule has 0 spiro atoms. The van der Waals surface area contributed by atoms with Crippen molar-refractivity contribution in [3.05, 3.63) is 29.1 Å². The van der Waals surface area contributed by atoms with Crippen LogP contribution in [-0.2, 0) is 11.2 Å². The zero-order valence-corrected chi connectivity index (χ0v) is 8.13. The lowest BCUT2D eigenvalue weighted by Gasteiger charge is -2.05. The molecular weight excluding hydrogens is 166 g/mol. The lowest BCUT2D eigenvalue weighted by atomic mass is 10.1. The Morgan fingerprint density at radius 3 is 2.77 bits per heavy atom. The highest BCUT2D eigenvalue weighted by Gasteiger charge is 2.11. The number of hydrogen-bond acceptors (Lipinski definition) is 3. The molecule has 0 saturated heterocycles. The summed E-state index contributed by atoms with van der Waals surface area (Å²) in [6, 6.07) is 3.81. The SMILES string of the molecule is CCc1ccc(C)nc1C(=O)OC. The van der Waals surface area contributed by atoms with Gasteiger partial charge in [0.2, 0.25) is 0 Å². The molecule has 0 saturated carbocycles. The molecule has 0 aliphatic carbocycles. The zero-order chi connectivity index (χ0) is 9.84. The van der Waals surface area contributed by atoms with Crippen molar-refractivity contribution in [3.63, 3.8) is 0 Å². The van der Waals surface area contributed by atoms with E-state index in [4.69, 9.17) is 0 Å². The molecule has 70 valence electrons. The molecule has 0 unspecified atom stereocenters. The number of nitrogens with zero attached hydrogens (tertiary/aromatic N) is 1. The number of ether oxygens (including phenoxy) is 1. The second kappa shape index (κ2) is 4.03. The van der Waals surface area contributed by atoms with Crippen LogP contribution in [0.4, 0.5) is 0 Å². The first-order chi connectivity index (χ1) is 6.19. The molecule has 0 atom stereocenters. The van der Waals surface area contributed by atoms with Crippen molar-refractivity contribution >= 4 is 5.97 Å². The highest BCUT2D eigenvalue weighted by Crippen LogP contribution is 2.09. The summed E-state index contributed by atoms with van der Waals surface area (Å²) >= 11 is 0. The third-order valence-electron chi connectivity index (χ3n) is 1.88. The monoisotopic (exact) mass is 179 g/mol. The molecule has 3 heteroatoms. The lowest BCUT2D eigenvalue weighted by Crippen LogP contribution is -2.08. The molecule has 1 aromatic rings. The van der Waals surface area contributed by atoms with Gasteiger partial charge in [-0.15, -0.1) is 0 Å². The summed E-state index contributed by atoms with van der Waals surface area (Å²) in [6.45, 7) is 3.84. The van der Waals surface area contributed by atoms with Crippen molar-refractivity contribution in [2.45, 2.75) is 20.3 Å². The predicted octanol–water partition coefficient (Wildman–Crippen LogP) is 1.74. The highest BCUT2D eigenvalue weighted by molar-refractivity contribution is 5.88. The summed E-state index contributed by atoms with van der Waals surface area (Å²) in [4.78, 5) is 15.4. The van der Waals surface area contributed by atoms with E-state index >= 15 is 0 Å². The standard InChI is InChI=1S/C10H13NO2/c1-4-8-6-5-7(2)11-9(8)10(12)13-3/h5-6H,4H2,1-3H3. The lowest BCUT2D eigenvalue weighted by molar-refractivity contribution is 0.0592. The van der Waals surface area contributed by atoms with Crippen LogP contribution in [0.5, 0.6) is 0 Å². The summed E-state index contributed by atoms with van der Waals surface area (Å²) in [5, 5.41) is 0. The Balaban J connectivity index is 3.15. The number of methoxy groups -OCH3 is 1. The molecule has 0 aliphatic heterocycles. The van der Waals surface area contributed by atoms with E-state index < -0.39 is 0 Å². The van der Waals surface area contributed by atoms with E-state index in [2.05, 4.69) is 9.72 Å². The molecule has 13 heavy (non-hydrogen) atoms. The van der Waals surface area contributed by atoms with Crippen molar-refractivity contribution < 1.29 is 9.53 Å². The zero-order valence-electron chi connectivity index (χ0n) is 8.13. The van der Waals surface area contributed by atoms with E-state index in [1.54, 1.807) is 0 Å². The van der Waals surface area contributed by atoms with Gasteiger partial charge in [0.25, 0.3) is 0 Å². The van der Waals surface area contributed by atoms with Gasteiger partial charge in [0.1, 0.15) is 0 Å². The number of aryl methyl sites for hydroxylation is 2. The third-order valence-corrected chi connectivity index (χ3v) is 1.88. The number of aromatic nitrogens is 1. The van der Waals surface area contributed by atoms with Crippen LogP contribution < -0.4 is 0 Å². The molecule has 1 heterocycles. The Hall–Kier alpha value is -1.38. The van der Waals surface area contributed by atoms with Crippen LogP contribution in [0.25, 0.3) is 0 Å². The second-order valence-corrected chi connectivity index (χ2v) is 2.81. The quantitative estimate of drug-likeness (QED) is 0.649. The van der Waals surface area contributed by atoms with E-state index in [0.717, 1.165) is 17.7 Å². The minimum absolute atomic E-state index is 0.361. The van der Waals surface area contributed by atoms with Crippen LogP contribution >= 0.6 is 0 Å². The van der Waals surface area contributed by atoms with Gasteiger partial charge in [-0.25, -0.2) is 9.78 Å². The molecule has 0 fully saturated rings. The Labute approximate surface area is 77.8 Å². The van der Waals surface area contributed by atoms with E-state index in [1.807, 2.05) is 26.0 Å². The van der Waals surface area contributed by atoms with E-state index in [-0.39, 0.29) is 5.97 Å². The molecule has 1 aromatic heterocycles. The van der Waals surface area contributed by atoms with Crippen LogP contribution in [-0.4, -0.2) is 18.1 Å². The van der Waals surface area contributed by atoms with Gasteiger partial charge in [0.05, 0.1) is 7.11 Å². The van der Waals surface area contributed by atoms with Gasteiger partial charge in [-0.1, -0.05) is 13.0 Å². The fourth-order valence-electron chi connectivity index (χ4n) is 1.14. The van der Waals surface area contributed by atoms with Crippen LogP contribution in [0.1, 0.15) is 28.7 Å². The molecule has 0 N–H and O–H groups in total. The van der Waals surface area contributed by atoms with Crippen molar-refractivity contribution in [3.8, 4) is 0 Å². The van der Waals surface area contributed by atoms with E-state index in [1.165, 1.54) is 7.11 Å². The Morgan fingerprint density at radius 2 is 2.23 bits per heavy atom. The van der Waals surface area contributed by atoms with Gasteiger partial charge in [-0.05, 0) is 25.0 Å². The van der Waals surface area contributed by atoms with Gasteiger partial charge in [0.15, 0.2) is 5.69 Å². The van der Waals surface area contributed by atoms with Crippen LogP contribution in [0.15, 0.2) is 12.1 Å². The molecular formula is C10H13NO2.